The number of aliphatic imine (C=N–C) groups is 1. The average Bonchev–Trinajstić information content (AvgIpc) is 2.92. The molecule has 1 aromatic rings. The van der Waals surface area contributed by atoms with E-state index in [-0.39, 0.29) is 12.5 Å². The predicted octanol–water partition coefficient (Wildman–Crippen LogP) is 1.59. The van der Waals surface area contributed by atoms with Gasteiger partial charge in [-0.25, -0.2) is 9.98 Å². The van der Waals surface area contributed by atoms with Gasteiger partial charge < -0.3 is 15.5 Å². The summed E-state index contributed by atoms with van der Waals surface area (Å²) in [5.74, 6) is 0.968. The van der Waals surface area contributed by atoms with Gasteiger partial charge >= 0.3 is 0 Å². The van der Waals surface area contributed by atoms with Crippen molar-refractivity contribution in [1.82, 2.24) is 20.5 Å². The number of nitrogens with zero attached hydrogens (tertiary/aromatic N) is 3. The maximum absolute atomic E-state index is 11.6. The molecule has 1 aromatic heterocycles. The van der Waals surface area contributed by atoms with Gasteiger partial charge in [-0.2, -0.15) is 0 Å². The fourth-order valence-corrected chi connectivity index (χ4v) is 2.47. The summed E-state index contributed by atoms with van der Waals surface area (Å²) in [6.45, 7) is 8.00. The topological polar surface area (TPSA) is 69.6 Å². The molecular weight excluding hydrogens is 298 g/mol. The van der Waals surface area contributed by atoms with Gasteiger partial charge in [0.2, 0.25) is 5.91 Å². The van der Waals surface area contributed by atoms with Crippen LogP contribution in [0.4, 0.5) is 0 Å². The number of hydrogen-bond acceptors (Lipinski definition) is 4. The molecule has 0 spiro atoms. The second-order valence-corrected chi connectivity index (χ2v) is 6.74. The molecular formula is C15H27N5OS. The van der Waals surface area contributed by atoms with Crippen molar-refractivity contribution >= 4 is 23.2 Å². The SMILES string of the molecule is CCCNC(=NCC(=O)N(C)C)NCC(C)c1ncc(C)s1. The van der Waals surface area contributed by atoms with Crippen LogP contribution >= 0.6 is 11.3 Å². The minimum absolute atomic E-state index is 0.0128. The molecule has 2 N–H and O–H groups in total. The summed E-state index contributed by atoms with van der Waals surface area (Å²) < 4.78 is 0. The molecule has 0 bridgehead atoms. The van der Waals surface area contributed by atoms with Gasteiger partial charge in [0, 0.05) is 44.2 Å². The highest BCUT2D eigenvalue weighted by Crippen LogP contribution is 2.20. The van der Waals surface area contributed by atoms with Gasteiger partial charge in [-0.1, -0.05) is 13.8 Å². The van der Waals surface area contributed by atoms with Crippen LogP contribution < -0.4 is 10.6 Å². The lowest BCUT2D eigenvalue weighted by atomic mass is 10.2. The number of aromatic nitrogens is 1. The van der Waals surface area contributed by atoms with E-state index in [1.165, 1.54) is 4.88 Å². The van der Waals surface area contributed by atoms with Gasteiger partial charge in [-0.05, 0) is 13.3 Å². The zero-order valence-electron chi connectivity index (χ0n) is 14.1. The second-order valence-electron chi connectivity index (χ2n) is 5.47. The summed E-state index contributed by atoms with van der Waals surface area (Å²) in [7, 11) is 3.47. The number of aryl methyl sites for hydroxylation is 1. The van der Waals surface area contributed by atoms with E-state index in [9.17, 15) is 4.79 Å². The fraction of sp³-hybridized carbons (Fsp3) is 0.667. The Morgan fingerprint density at radius 1 is 1.45 bits per heavy atom. The third-order valence-corrected chi connectivity index (χ3v) is 4.19. The minimum Gasteiger partial charge on any atom is -0.356 e. The molecule has 0 aliphatic carbocycles. The first-order valence-corrected chi connectivity index (χ1v) is 8.40. The van der Waals surface area contributed by atoms with Crippen LogP contribution in [0.1, 0.15) is 36.1 Å². The lowest BCUT2D eigenvalue weighted by Crippen LogP contribution is -2.40. The molecule has 6 nitrogen and oxygen atoms in total. The second kappa shape index (κ2) is 9.40. The first-order chi connectivity index (χ1) is 10.4. The standard InChI is InChI=1S/C15H27N5OS/c1-6-7-16-15(19-10-13(21)20(4)5)18-8-11(2)14-17-9-12(3)22-14/h9,11H,6-8,10H2,1-5H3,(H2,16,18,19). The minimum atomic E-state index is -0.0128. The molecule has 0 aliphatic heterocycles. The van der Waals surface area contributed by atoms with Crippen molar-refractivity contribution < 1.29 is 4.79 Å². The largest absolute Gasteiger partial charge is 0.356 e. The molecule has 1 heterocycles. The van der Waals surface area contributed by atoms with Crippen LogP contribution in [0.15, 0.2) is 11.2 Å². The molecule has 0 saturated heterocycles. The van der Waals surface area contributed by atoms with E-state index in [1.807, 2.05) is 6.20 Å². The molecule has 124 valence electrons. The van der Waals surface area contributed by atoms with Crippen LogP contribution in [0, 0.1) is 6.92 Å². The van der Waals surface area contributed by atoms with E-state index in [2.05, 4.69) is 41.4 Å². The Morgan fingerprint density at radius 2 is 2.18 bits per heavy atom. The van der Waals surface area contributed by atoms with Crippen molar-refractivity contribution in [2.45, 2.75) is 33.1 Å². The van der Waals surface area contributed by atoms with Gasteiger partial charge in [-0.3, -0.25) is 4.79 Å². The summed E-state index contributed by atoms with van der Waals surface area (Å²) >= 11 is 1.72. The van der Waals surface area contributed by atoms with E-state index in [0.717, 1.165) is 24.5 Å². The van der Waals surface area contributed by atoms with Crippen molar-refractivity contribution in [3.05, 3.63) is 16.1 Å². The van der Waals surface area contributed by atoms with Gasteiger partial charge in [-0.15, -0.1) is 11.3 Å². The number of carbonyl (C=O) groups excluding carboxylic acids is 1. The zero-order chi connectivity index (χ0) is 16.5. The lowest BCUT2D eigenvalue weighted by Gasteiger charge is -2.15. The highest BCUT2D eigenvalue weighted by Gasteiger charge is 2.11. The molecule has 1 amide bonds. The van der Waals surface area contributed by atoms with E-state index in [4.69, 9.17) is 0 Å². The number of nitrogens with one attached hydrogen (secondary N) is 2. The van der Waals surface area contributed by atoms with Crippen molar-refractivity contribution in [1.29, 1.82) is 0 Å². The van der Waals surface area contributed by atoms with Crippen LogP contribution in [-0.4, -0.2) is 55.5 Å². The number of hydrogen-bond donors (Lipinski definition) is 2. The first-order valence-electron chi connectivity index (χ1n) is 7.58. The summed E-state index contributed by atoms with van der Waals surface area (Å²) in [6, 6.07) is 0. The number of rotatable bonds is 7. The van der Waals surface area contributed by atoms with E-state index >= 15 is 0 Å². The Morgan fingerprint density at radius 3 is 2.73 bits per heavy atom. The van der Waals surface area contributed by atoms with Crippen molar-refractivity contribution in [2.24, 2.45) is 4.99 Å². The quantitative estimate of drug-likeness (QED) is 0.590. The Labute approximate surface area is 137 Å². The van der Waals surface area contributed by atoms with Crippen LogP contribution in [0.25, 0.3) is 0 Å². The third-order valence-electron chi connectivity index (χ3n) is 3.05. The van der Waals surface area contributed by atoms with E-state index in [1.54, 1.807) is 30.3 Å². The van der Waals surface area contributed by atoms with Gasteiger partial charge in [0.05, 0.1) is 5.01 Å². The first kappa shape index (κ1) is 18.4. The van der Waals surface area contributed by atoms with E-state index < -0.39 is 0 Å². The highest BCUT2D eigenvalue weighted by atomic mass is 32.1. The Hall–Kier alpha value is -1.63. The zero-order valence-corrected chi connectivity index (χ0v) is 15.0. The maximum atomic E-state index is 11.6. The monoisotopic (exact) mass is 325 g/mol. The molecule has 0 fully saturated rings. The summed E-state index contributed by atoms with van der Waals surface area (Å²) in [4.78, 5) is 23.2. The molecule has 0 aromatic carbocycles. The average molecular weight is 325 g/mol. The van der Waals surface area contributed by atoms with Crippen LogP contribution in [0.5, 0.6) is 0 Å². The van der Waals surface area contributed by atoms with Crippen LogP contribution in [0.3, 0.4) is 0 Å². The number of thiazole rings is 1. The molecule has 0 radical (unpaired) electrons. The summed E-state index contributed by atoms with van der Waals surface area (Å²) in [6.07, 6.45) is 2.90. The van der Waals surface area contributed by atoms with Crippen molar-refractivity contribution in [3.63, 3.8) is 0 Å². The molecule has 1 rings (SSSR count). The van der Waals surface area contributed by atoms with Crippen LogP contribution in [-0.2, 0) is 4.79 Å². The van der Waals surface area contributed by atoms with E-state index in [0.29, 0.717) is 11.9 Å². The summed E-state index contributed by atoms with van der Waals surface area (Å²) in [5, 5.41) is 7.63. The Balaban J connectivity index is 2.56. The van der Waals surface area contributed by atoms with Crippen LogP contribution in [0.2, 0.25) is 0 Å². The van der Waals surface area contributed by atoms with Crippen molar-refractivity contribution in [3.8, 4) is 0 Å². The molecule has 1 atom stereocenters. The number of amides is 1. The predicted molar refractivity (Wildman–Crippen MR) is 92.6 cm³/mol. The van der Waals surface area contributed by atoms with Crippen molar-refractivity contribution in [2.75, 3.05) is 33.7 Å². The molecule has 7 heteroatoms. The summed E-state index contributed by atoms with van der Waals surface area (Å²) in [5.41, 5.74) is 0. The maximum Gasteiger partial charge on any atom is 0.243 e. The third kappa shape index (κ3) is 6.43. The molecule has 1 unspecified atom stereocenters. The normalized spacial score (nSPS) is 12.9. The molecule has 22 heavy (non-hydrogen) atoms. The smallest absolute Gasteiger partial charge is 0.243 e. The number of guanidine groups is 1. The Bertz CT molecular complexity index is 498. The molecule has 0 saturated carbocycles. The fourth-order valence-electron chi connectivity index (χ4n) is 1.64. The van der Waals surface area contributed by atoms with Gasteiger partial charge in [0.25, 0.3) is 0 Å². The highest BCUT2D eigenvalue weighted by molar-refractivity contribution is 7.11. The number of likely N-dealkylation sites (N-methyl/N-ethyl adjacent to an activating group) is 1. The van der Waals surface area contributed by atoms with Gasteiger partial charge in [0.15, 0.2) is 5.96 Å². The molecule has 0 aliphatic rings. The Kier molecular flexibility index (Phi) is 7.87. The lowest BCUT2D eigenvalue weighted by molar-refractivity contribution is -0.127. The number of carbonyl (C=O) groups is 1. The van der Waals surface area contributed by atoms with Gasteiger partial charge in [0.1, 0.15) is 6.54 Å².